The quantitative estimate of drug-likeness (QED) is 0.149. The highest BCUT2D eigenvalue weighted by Gasteiger charge is 2.33. The summed E-state index contributed by atoms with van der Waals surface area (Å²) < 4.78 is 54.3. The molecule has 0 aliphatic heterocycles. The lowest BCUT2D eigenvalue weighted by atomic mass is 9.97. The summed E-state index contributed by atoms with van der Waals surface area (Å²) in [6.45, 7) is -0.214. The summed E-state index contributed by atoms with van der Waals surface area (Å²) >= 11 is 0. The van der Waals surface area contributed by atoms with Gasteiger partial charge in [0.05, 0.1) is 5.56 Å². The molecule has 0 fully saturated rings. The fourth-order valence-corrected chi connectivity index (χ4v) is 6.30. The van der Waals surface area contributed by atoms with Gasteiger partial charge in [-0.25, -0.2) is 31.7 Å². The van der Waals surface area contributed by atoms with E-state index in [0.717, 1.165) is 6.07 Å². The van der Waals surface area contributed by atoms with E-state index in [2.05, 4.69) is 40.5 Å². The van der Waals surface area contributed by atoms with Gasteiger partial charge < -0.3 is 11.5 Å². The van der Waals surface area contributed by atoms with E-state index in [1.54, 1.807) is 24.3 Å². The standard InChI is InChI=1S/C18H21N11O4S2/c19-7-12(8-20)27-35(32,33)14-5-4-13(10-2-1-3-11(6-10)17-22-9-23-24-17)15(16(14)34(21,30)31)18-25-28-29-26-18/h1-6,9,12,27H,7-8,19-20H2,(H2,21,30,31)(H,22,23,24)(H,25,26,28,29). The van der Waals surface area contributed by atoms with Gasteiger partial charge >= 0.3 is 0 Å². The van der Waals surface area contributed by atoms with Crippen LogP contribution in [-0.2, 0) is 20.0 Å². The van der Waals surface area contributed by atoms with Crippen LogP contribution in [0.3, 0.4) is 0 Å². The van der Waals surface area contributed by atoms with Crippen molar-refractivity contribution in [3.05, 3.63) is 42.7 Å². The lowest BCUT2D eigenvalue weighted by Gasteiger charge is -2.19. The summed E-state index contributed by atoms with van der Waals surface area (Å²) in [5.41, 5.74) is 12.4. The molecule has 2 heterocycles. The third kappa shape index (κ3) is 4.94. The molecule has 0 radical (unpaired) electrons. The Morgan fingerprint density at radius 1 is 0.971 bits per heavy atom. The second-order valence-electron chi connectivity index (χ2n) is 7.29. The number of nitrogens with two attached hydrogens (primary N) is 3. The summed E-state index contributed by atoms with van der Waals surface area (Å²) in [6, 6.07) is 8.56. The molecule has 0 saturated carbocycles. The molecule has 35 heavy (non-hydrogen) atoms. The van der Waals surface area contributed by atoms with Crippen LogP contribution >= 0.6 is 0 Å². The maximum absolute atomic E-state index is 13.2. The number of aromatic amines is 2. The van der Waals surface area contributed by atoms with Crippen LogP contribution in [-0.4, -0.2) is 71.8 Å². The number of hydrogen-bond donors (Lipinski definition) is 6. The zero-order valence-electron chi connectivity index (χ0n) is 18.0. The van der Waals surface area contributed by atoms with E-state index < -0.39 is 35.9 Å². The van der Waals surface area contributed by atoms with Gasteiger partial charge in [-0.15, -0.1) is 10.2 Å². The molecule has 0 saturated heterocycles. The van der Waals surface area contributed by atoms with Crippen molar-refractivity contribution in [1.29, 1.82) is 0 Å². The Kier molecular flexibility index (Phi) is 6.70. The number of aromatic nitrogens is 7. The van der Waals surface area contributed by atoms with E-state index >= 15 is 0 Å². The molecule has 2 aromatic carbocycles. The van der Waals surface area contributed by atoms with Crippen LogP contribution in [0.1, 0.15) is 0 Å². The summed E-state index contributed by atoms with van der Waals surface area (Å²) in [5.74, 6) is 0.219. The molecule has 9 N–H and O–H groups in total. The minimum absolute atomic E-state index is 0.107. The zero-order chi connectivity index (χ0) is 25.2. The molecule has 4 aromatic rings. The number of sulfonamides is 2. The largest absolute Gasteiger partial charge is 0.329 e. The van der Waals surface area contributed by atoms with E-state index in [9.17, 15) is 16.8 Å². The molecule has 0 unspecified atom stereocenters. The number of nitrogens with zero attached hydrogens (tertiary/aromatic N) is 5. The van der Waals surface area contributed by atoms with Crippen molar-refractivity contribution in [1.82, 2.24) is 40.5 Å². The van der Waals surface area contributed by atoms with E-state index in [0.29, 0.717) is 17.0 Å². The maximum atomic E-state index is 13.2. The van der Waals surface area contributed by atoms with Gasteiger partial charge in [-0.3, -0.25) is 5.10 Å². The Bertz CT molecular complexity index is 1530. The second kappa shape index (κ2) is 9.56. The molecular formula is C18H21N11O4S2. The topological polar surface area (TPSA) is 254 Å². The van der Waals surface area contributed by atoms with Crippen LogP contribution < -0.4 is 21.3 Å². The molecule has 0 amide bonds. The number of primary sulfonamides is 1. The number of H-pyrrole nitrogens is 2. The molecule has 17 heteroatoms. The molecule has 0 bridgehead atoms. The molecule has 184 valence electrons. The minimum Gasteiger partial charge on any atom is -0.329 e. The van der Waals surface area contributed by atoms with Crippen LogP contribution in [0.4, 0.5) is 0 Å². The first-order valence-electron chi connectivity index (χ1n) is 9.98. The molecule has 4 rings (SSSR count). The number of tetrazole rings is 1. The van der Waals surface area contributed by atoms with Gasteiger partial charge in [0.25, 0.3) is 0 Å². The Labute approximate surface area is 199 Å². The third-order valence-electron chi connectivity index (χ3n) is 5.00. The van der Waals surface area contributed by atoms with Crippen molar-refractivity contribution < 1.29 is 16.8 Å². The van der Waals surface area contributed by atoms with Crippen LogP contribution in [0.5, 0.6) is 0 Å². The van der Waals surface area contributed by atoms with Gasteiger partial charge in [-0.1, -0.05) is 24.3 Å². The SMILES string of the molecule is NCC(CN)NS(=O)(=O)c1ccc(-c2cccc(-c3nc[nH]n3)c2)c(-c2nn[nH]n2)c1S(N)(=O)=O. The van der Waals surface area contributed by atoms with Gasteiger partial charge in [0.15, 0.2) is 5.82 Å². The van der Waals surface area contributed by atoms with Crippen LogP contribution in [0.15, 0.2) is 52.5 Å². The fourth-order valence-electron chi connectivity index (χ4n) is 3.44. The van der Waals surface area contributed by atoms with Gasteiger partial charge in [-0.05, 0) is 28.5 Å². The highest BCUT2D eigenvalue weighted by Crippen LogP contribution is 2.39. The predicted octanol–water partition coefficient (Wildman–Crippen LogP) is -1.47. The van der Waals surface area contributed by atoms with Gasteiger partial charge in [-0.2, -0.15) is 10.3 Å². The Morgan fingerprint density at radius 3 is 2.31 bits per heavy atom. The lowest BCUT2D eigenvalue weighted by molar-refractivity contribution is 0.548. The number of nitrogens with one attached hydrogen (secondary N) is 3. The van der Waals surface area contributed by atoms with Crippen molar-refractivity contribution in [3.8, 4) is 33.9 Å². The molecule has 0 spiro atoms. The van der Waals surface area contributed by atoms with Crippen molar-refractivity contribution in [2.24, 2.45) is 16.6 Å². The molecular weight excluding hydrogens is 498 g/mol. The Hall–Kier alpha value is -3.61. The summed E-state index contributed by atoms with van der Waals surface area (Å²) in [6.07, 6.45) is 1.41. The highest BCUT2D eigenvalue weighted by molar-refractivity contribution is 7.92. The summed E-state index contributed by atoms with van der Waals surface area (Å²) in [7, 11) is -9.07. The molecule has 15 nitrogen and oxygen atoms in total. The third-order valence-corrected chi connectivity index (χ3v) is 7.69. The van der Waals surface area contributed by atoms with Gasteiger partial charge in [0, 0.05) is 24.7 Å². The molecule has 0 aliphatic rings. The average molecular weight is 520 g/mol. The van der Waals surface area contributed by atoms with Crippen molar-refractivity contribution >= 4 is 20.0 Å². The summed E-state index contributed by atoms with van der Waals surface area (Å²) in [5, 5.41) is 25.7. The van der Waals surface area contributed by atoms with E-state index in [1.165, 1.54) is 12.4 Å². The normalized spacial score (nSPS) is 12.3. The maximum Gasteiger partial charge on any atom is 0.242 e. The second-order valence-corrected chi connectivity index (χ2v) is 10.5. The molecule has 0 aliphatic carbocycles. The van der Waals surface area contributed by atoms with E-state index in [4.69, 9.17) is 16.6 Å². The van der Waals surface area contributed by atoms with Crippen LogP contribution in [0.2, 0.25) is 0 Å². The first-order valence-corrected chi connectivity index (χ1v) is 13.0. The molecule has 0 atom stereocenters. The first kappa shape index (κ1) is 24.5. The van der Waals surface area contributed by atoms with Crippen LogP contribution in [0, 0.1) is 0 Å². The number of hydrogen-bond acceptors (Lipinski definition) is 11. The lowest BCUT2D eigenvalue weighted by Crippen LogP contribution is -2.45. The predicted molar refractivity (Wildman–Crippen MR) is 124 cm³/mol. The summed E-state index contributed by atoms with van der Waals surface area (Å²) in [4.78, 5) is 2.79. The van der Waals surface area contributed by atoms with Gasteiger partial charge in [0.1, 0.15) is 16.1 Å². The minimum atomic E-state index is -4.64. The van der Waals surface area contributed by atoms with Crippen molar-refractivity contribution in [2.75, 3.05) is 13.1 Å². The van der Waals surface area contributed by atoms with Crippen molar-refractivity contribution in [2.45, 2.75) is 15.8 Å². The fraction of sp³-hybridized carbons (Fsp3) is 0.167. The highest BCUT2D eigenvalue weighted by atomic mass is 32.2. The monoisotopic (exact) mass is 519 g/mol. The Balaban J connectivity index is 2.02. The average Bonchev–Trinajstić information content (AvgIpc) is 3.56. The van der Waals surface area contributed by atoms with Gasteiger partial charge in [0.2, 0.25) is 25.9 Å². The van der Waals surface area contributed by atoms with E-state index in [1.807, 2.05) is 0 Å². The molecule has 2 aromatic heterocycles. The first-order chi connectivity index (χ1) is 16.7. The van der Waals surface area contributed by atoms with Crippen LogP contribution in [0.25, 0.3) is 33.9 Å². The van der Waals surface area contributed by atoms with E-state index in [-0.39, 0.29) is 30.0 Å². The smallest absolute Gasteiger partial charge is 0.242 e. The number of benzene rings is 2. The van der Waals surface area contributed by atoms with Crippen molar-refractivity contribution in [3.63, 3.8) is 0 Å². The number of rotatable bonds is 9. The Morgan fingerprint density at radius 2 is 1.71 bits per heavy atom. The zero-order valence-corrected chi connectivity index (χ0v) is 19.6.